The number of aliphatic hydroxyl groups is 1. The summed E-state index contributed by atoms with van der Waals surface area (Å²) in [5.41, 5.74) is 30.9. The number of likely N-dealkylation sites (tertiary alicyclic amines) is 1. The fraction of sp³-hybridized carbons (Fsp3) is 0.329. The van der Waals surface area contributed by atoms with Gasteiger partial charge in [0, 0.05) is 58.7 Å². The number of carbonyl (C=O) groups is 11. The maximum absolute atomic E-state index is 15.3. The lowest BCUT2D eigenvalue weighted by atomic mass is 9.98. The van der Waals surface area contributed by atoms with Crippen molar-refractivity contribution in [3.05, 3.63) is 210 Å². The molecule has 0 spiro atoms. The van der Waals surface area contributed by atoms with E-state index < -0.39 is 132 Å². The van der Waals surface area contributed by atoms with Crippen molar-refractivity contribution in [2.45, 2.75) is 145 Å². The number of nitrogens with zero attached hydrogens (tertiary/aromatic N) is 3. The number of fused-ring (bicyclic) bond motifs is 3. The van der Waals surface area contributed by atoms with Gasteiger partial charge in [0.25, 0.3) is 0 Å². The molecule has 0 saturated carbocycles. The third-order valence-corrected chi connectivity index (χ3v) is 19.2. The molecular formula is C82H97N17O13. The van der Waals surface area contributed by atoms with Crippen molar-refractivity contribution >= 4 is 109 Å². The molecule has 10 atom stereocenters. The lowest BCUT2D eigenvalue weighted by Gasteiger charge is -2.30. The molecule has 1 heterocycles. The molecule has 11 amide bonds. The molecule has 0 unspecified atom stereocenters. The Hall–Kier alpha value is -13.0. The Morgan fingerprint density at radius 1 is 0.411 bits per heavy atom. The summed E-state index contributed by atoms with van der Waals surface area (Å²) in [4.78, 5) is 168. The van der Waals surface area contributed by atoms with Crippen molar-refractivity contribution in [2.75, 3.05) is 26.2 Å². The van der Waals surface area contributed by atoms with Gasteiger partial charge in [0.2, 0.25) is 65.0 Å². The molecule has 21 N–H and O–H groups in total. The smallest absolute Gasteiger partial charge is 0.245 e. The number of aliphatic hydroxyl groups excluding tert-OH is 1. The van der Waals surface area contributed by atoms with Crippen molar-refractivity contribution in [1.29, 1.82) is 0 Å². The van der Waals surface area contributed by atoms with Gasteiger partial charge in [-0.2, -0.15) is 0 Å². The van der Waals surface area contributed by atoms with Crippen LogP contribution in [0.5, 0.6) is 5.75 Å². The van der Waals surface area contributed by atoms with Gasteiger partial charge in [-0.1, -0.05) is 170 Å². The highest BCUT2D eigenvalue weighted by molar-refractivity contribution is 6.00. The van der Waals surface area contributed by atoms with Gasteiger partial charge in [-0.05, 0) is 118 Å². The van der Waals surface area contributed by atoms with E-state index in [0.29, 0.717) is 28.7 Å². The molecule has 1 fully saturated rings. The number of benzene rings is 8. The first-order valence-corrected chi connectivity index (χ1v) is 37.0. The van der Waals surface area contributed by atoms with E-state index in [0.717, 1.165) is 37.9 Å². The largest absolute Gasteiger partial charge is 0.508 e. The lowest BCUT2D eigenvalue weighted by Crippen LogP contribution is -2.61. The Bertz CT molecular complexity index is 4750. The van der Waals surface area contributed by atoms with Gasteiger partial charge in [0.1, 0.15) is 66.2 Å². The van der Waals surface area contributed by atoms with Gasteiger partial charge in [-0.15, -0.1) is 0 Å². The first kappa shape index (κ1) is 83.1. The molecule has 0 aromatic heterocycles. The van der Waals surface area contributed by atoms with Gasteiger partial charge < -0.3 is 91.6 Å². The highest BCUT2D eigenvalue weighted by Crippen LogP contribution is 2.24. The zero-order valence-electron chi connectivity index (χ0n) is 62.3. The van der Waals surface area contributed by atoms with E-state index >= 15 is 19.2 Å². The molecule has 0 bridgehead atoms. The van der Waals surface area contributed by atoms with E-state index in [9.17, 15) is 43.8 Å². The number of hydrogen-bond donors (Lipinski definition) is 16. The molecule has 1 aliphatic rings. The zero-order chi connectivity index (χ0) is 80.4. The van der Waals surface area contributed by atoms with Crippen LogP contribution in [-0.4, -0.2) is 179 Å². The molecule has 112 heavy (non-hydrogen) atoms. The Kier molecular flexibility index (Phi) is 30.0. The minimum Gasteiger partial charge on any atom is -0.508 e. The number of phenolic OH excluding ortho intramolecular Hbond substituents is 1. The second kappa shape index (κ2) is 40.4. The fourth-order valence-electron chi connectivity index (χ4n) is 13.3. The molecule has 9 rings (SSSR count). The highest BCUT2D eigenvalue weighted by Gasteiger charge is 2.40. The predicted molar refractivity (Wildman–Crippen MR) is 424 cm³/mol. The second-order valence-electron chi connectivity index (χ2n) is 27.8. The van der Waals surface area contributed by atoms with E-state index in [-0.39, 0.29) is 102 Å². The lowest BCUT2D eigenvalue weighted by molar-refractivity contribution is -0.142. The maximum Gasteiger partial charge on any atom is 0.245 e. The number of rotatable bonds is 38. The van der Waals surface area contributed by atoms with Crippen LogP contribution in [0.3, 0.4) is 0 Å². The highest BCUT2D eigenvalue weighted by atomic mass is 16.3. The number of nitrogens with one attached hydrogen (secondary N) is 9. The number of phenols is 1. The van der Waals surface area contributed by atoms with Crippen LogP contribution in [0.1, 0.15) is 80.2 Å². The van der Waals surface area contributed by atoms with E-state index in [1.807, 2.05) is 121 Å². The molecule has 30 nitrogen and oxygen atoms in total. The Morgan fingerprint density at radius 2 is 0.750 bits per heavy atom. The summed E-state index contributed by atoms with van der Waals surface area (Å²) in [6, 6.07) is 39.4. The van der Waals surface area contributed by atoms with E-state index in [1.165, 1.54) is 43.0 Å². The van der Waals surface area contributed by atoms with Crippen LogP contribution in [0.25, 0.3) is 32.3 Å². The zero-order valence-corrected chi connectivity index (χ0v) is 62.3. The van der Waals surface area contributed by atoms with Crippen LogP contribution >= 0.6 is 0 Å². The van der Waals surface area contributed by atoms with Crippen molar-refractivity contribution in [1.82, 2.24) is 52.8 Å². The third kappa shape index (κ3) is 24.5. The summed E-state index contributed by atoms with van der Waals surface area (Å²) in [5.74, 6) is -9.64. The Balaban J connectivity index is 0.989. The first-order chi connectivity index (χ1) is 53.8. The first-order valence-electron chi connectivity index (χ1n) is 37.0. The minimum absolute atomic E-state index is 0.0364. The average Bonchev–Trinajstić information content (AvgIpc) is 1.41. The molecule has 8 aromatic carbocycles. The fourth-order valence-corrected chi connectivity index (χ4v) is 13.3. The summed E-state index contributed by atoms with van der Waals surface area (Å²) in [6.07, 6.45) is -0.188. The molecule has 1 aliphatic heterocycles. The Labute approximate surface area is 647 Å². The van der Waals surface area contributed by atoms with Crippen LogP contribution in [0.15, 0.2) is 192 Å². The number of nitrogens with two attached hydrogens (primary N) is 5. The van der Waals surface area contributed by atoms with Crippen LogP contribution in [0.4, 0.5) is 0 Å². The van der Waals surface area contributed by atoms with Crippen LogP contribution in [0.2, 0.25) is 0 Å². The molecule has 1 saturated heterocycles. The molecule has 0 aliphatic carbocycles. The summed E-state index contributed by atoms with van der Waals surface area (Å²) >= 11 is 0. The maximum atomic E-state index is 15.3. The van der Waals surface area contributed by atoms with Crippen LogP contribution in [0, 0.1) is 0 Å². The van der Waals surface area contributed by atoms with E-state index in [2.05, 4.69) is 57.8 Å². The minimum atomic E-state index is -1.85. The van der Waals surface area contributed by atoms with Crippen molar-refractivity contribution in [3.63, 3.8) is 0 Å². The summed E-state index contributed by atoms with van der Waals surface area (Å²) in [6.45, 7) is 1.71. The molecule has 588 valence electrons. The predicted octanol–water partition coefficient (Wildman–Crippen LogP) is 1.34. The summed E-state index contributed by atoms with van der Waals surface area (Å²) in [7, 11) is 0. The number of aromatic hydroxyl groups is 1. The van der Waals surface area contributed by atoms with Gasteiger partial charge in [0.15, 0.2) is 11.9 Å². The van der Waals surface area contributed by atoms with Crippen molar-refractivity contribution in [2.24, 2.45) is 38.7 Å². The van der Waals surface area contributed by atoms with Gasteiger partial charge in [0.05, 0.1) is 6.61 Å². The number of aliphatic imine (C=N–C) groups is 2. The summed E-state index contributed by atoms with van der Waals surface area (Å²) < 4.78 is 0. The third-order valence-electron chi connectivity index (χ3n) is 19.2. The summed E-state index contributed by atoms with van der Waals surface area (Å²) in [5, 5.41) is 51.2. The van der Waals surface area contributed by atoms with Crippen molar-refractivity contribution < 1.29 is 63.0 Å². The van der Waals surface area contributed by atoms with Crippen LogP contribution < -0.4 is 76.5 Å². The topological polar surface area (TPSA) is 495 Å². The molecular weight excluding hydrogens is 1430 g/mol. The van der Waals surface area contributed by atoms with Gasteiger partial charge in [-0.3, -0.25) is 62.7 Å². The molecule has 30 heteroatoms. The van der Waals surface area contributed by atoms with Gasteiger partial charge in [-0.25, -0.2) is 0 Å². The Morgan fingerprint density at radius 3 is 1.16 bits per heavy atom. The van der Waals surface area contributed by atoms with Crippen molar-refractivity contribution in [3.8, 4) is 5.75 Å². The number of hydrogen-bond acceptors (Lipinski definition) is 15. The van der Waals surface area contributed by atoms with Gasteiger partial charge >= 0.3 is 0 Å². The SMILES string of the molecule is CC(=O)N[C@H](Cc1ccc2ccccc2c1)C(=O)N[C@H](Cc1ccc2ccccc2c1)C(=O)N[C@H](Cc1ccc2ccccc2c1)C(=O)N[C@@H](CO)C(=O)N[C@@H](Cc1ccc(O)cc1)C(=O)N[C@H](CCCN=C(N)N)C(=O)N[C@@H](Cc1ccccc1)C(=O)N[C@@H](CCCN=C(N)N)C(=O)N1CCC[C@H]1C(=O)N[C@H](C)C(N)=O. The number of primary amides is 1. The van der Waals surface area contributed by atoms with Crippen LogP contribution in [-0.2, 0) is 84.8 Å². The van der Waals surface area contributed by atoms with E-state index in [4.69, 9.17) is 28.7 Å². The number of carbonyl (C=O) groups excluding carboxylic acids is 11. The number of amides is 11. The quantitative estimate of drug-likeness (QED) is 0.0147. The average molecular weight is 1530 g/mol. The van der Waals surface area contributed by atoms with E-state index in [1.54, 1.807) is 36.4 Å². The number of guanidine groups is 2. The second-order valence-corrected chi connectivity index (χ2v) is 27.8. The molecule has 0 radical (unpaired) electrons. The monoisotopic (exact) mass is 1530 g/mol. The normalized spacial score (nSPS) is 14.9. The molecule has 8 aromatic rings. The standard InChI is InChI=1S/C82H97N17O13/c1-48(71(83)103)90-79(111)70-25-14-38-99(70)80(112)63(24-13-37-89-82(86)87)93-75(107)65(42-50-15-4-3-5-16-50)94-72(104)62(23-12-36-88-81(84)85)92-74(106)66(43-51-29-34-61(102)35-30-51)97-78(110)69(47-100)98-77(109)68(46-54-28-33-57-19-8-11-22-60(57)41-54)96-76(108)67(45-53-27-32-56-18-7-10-21-59(56)40-53)95-73(105)64(91-49(2)101)44-52-26-31-55-17-6-9-20-58(55)39-52/h3-11,15-22,26-35,39-41,48,62-70,100,102H,12-14,23-25,36-38,42-47H2,1-2H3,(H2,83,103)(H,90,111)(H,91,101)(H,92,106)(H,93,107)(H,94,104)(H,95,105)(H,96,108)(H,97,110)(H,98,109)(H4,84,85,88)(H4,86,87,89)/t48-,62-,63+,64-,65+,66+,67-,68-,69+,70+/m1/s1.